The fraction of sp³-hybridized carbons (Fsp3) is 0.188. The first-order chi connectivity index (χ1) is 10.9. The molecule has 0 aromatic heterocycles. The molecule has 1 aliphatic rings. The molecule has 3 amide bonds. The molecule has 0 aliphatic carbocycles. The number of anilines is 1. The van der Waals surface area contributed by atoms with Crippen molar-refractivity contribution in [2.45, 2.75) is 19.4 Å². The normalized spacial score (nSPS) is 18.4. The molecule has 2 rings (SSSR count). The highest BCUT2D eigenvalue weighted by molar-refractivity contribution is 6.35. The topological polar surface area (TPSA) is 66.5 Å². The number of hydrogen-bond acceptors (Lipinski definition) is 3. The molecule has 0 radical (unpaired) electrons. The second kappa shape index (κ2) is 7.44. The van der Waals surface area contributed by atoms with Crippen LogP contribution in [0.15, 0.2) is 42.5 Å². The summed E-state index contributed by atoms with van der Waals surface area (Å²) >= 11 is 11.8. The zero-order valence-electron chi connectivity index (χ0n) is 12.3. The maximum absolute atomic E-state index is 12.4. The summed E-state index contributed by atoms with van der Waals surface area (Å²) in [5.41, 5.74) is 0.290. The van der Waals surface area contributed by atoms with E-state index in [0.29, 0.717) is 15.7 Å². The summed E-state index contributed by atoms with van der Waals surface area (Å²) in [6.45, 7) is 1.81. The number of rotatable bonds is 4. The molecule has 1 aromatic rings. The van der Waals surface area contributed by atoms with Gasteiger partial charge in [0.2, 0.25) is 11.8 Å². The monoisotopic (exact) mass is 352 g/mol. The molecule has 1 N–H and O–H groups in total. The third kappa shape index (κ3) is 4.21. The Morgan fingerprint density at radius 1 is 1.22 bits per heavy atom. The summed E-state index contributed by atoms with van der Waals surface area (Å²) in [5, 5.41) is 3.14. The van der Waals surface area contributed by atoms with Gasteiger partial charge in [0.05, 0.1) is 12.1 Å². The number of allylic oxidation sites excluding steroid dienone is 3. The Kier molecular flexibility index (Phi) is 5.58. The van der Waals surface area contributed by atoms with E-state index in [9.17, 15) is 14.4 Å². The van der Waals surface area contributed by atoms with Gasteiger partial charge in [0.1, 0.15) is 6.04 Å². The van der Waals surface area contributed by atoms with E-state index in [-0.39, 0.29) is 6.42 Å². The molecule has 1 fully saturated rings. The quantitative estimate of drug-likeness (QED) is 0.514. The first-order valence-corrected chi connectivity index (χ1v) is 7.60. The van der Waals surface area contributed by atoms with Crippen molar-refractivity contribution in [1.29, 1.82) is 0 Å². The van der Waals surface area contributed by atoms with Crippen molar-refractivity contribution in [3.05, 3.63) is 52.5 Å². The molecule has 1 heterocycles. The van der Waals surface area contributed by atoms with Crippen LogP contribution in [0.4, 0.5) is 5.69 Å². The summed E-state index contributed by atoms with van der Waals surface area (Å²) in [4.78, 5) is 37.2. The van der Waals surface area contributed by atoms with Crippen LogP contribution in [-0.2, 0) is 14.4 Å². The average Bonchev–Trinajstić information content (AvgIpc) is 2.72. The van der Waals surface area contributed by atoms with Crippen molar-refractivity contribution < 1.29 is 14.4 Å². The smallest absolute Gasteiger partial charge is 0.256 e. The molecule has 5 nitrogen and oxygen atoms in total. The van der Waals surface area contributed by atoms with Gasteiger partial charge in [-0.05, 0) is 25.1 Å². The van der Waals surface area contributed by atoms with E-state index in [2.05, 4.69) is 5.32 Å². The van der Waals surface area contributed by atoms with Crippen molar-refractivity contribution in [2.24, 2.45) is 0 Å². The summed E-state index contributed by atoms with van der Waals surface area (Å²) in [7, 11) is 0. The molecular formula is C16H14Cl2N2O3. The molecule has 23 heavy (non-hydrogen) atoms. The number of carbonyl (C=O) groups is 3. The van der Waals surface area contributed by atoms with Crippen LogP contribution in [0.2, 0.25) is 10.0 Å². The van der Waals surface area contributed by atoms with Crippen molar-refractivity contribution in [1.82, 2.24) is 5.32 Å². The molecule has 0 bridgehead atoms. The predicted octanol–water partition coefficient (Wildman–Crippen LogP) is 2.87. The lowest BCUT2D eigenvalue weighted by atomic mass is 10.2. The van der Waals surface area contributed by atoms with Gasteiger partial charge >= 0.3 is 0 Å². The Labute approximate surface area is 143 Å². The van der Waals surface area contributed by atoms with Crippen LogP contribution >= 0.6 is 23.2 Å². The van der Waals surface area contributed by atoms with Crippen LogP contribution in [0, 0.1) is 0 Å². The molecule has 1 aliphatic heterocycles. The van der Waals surface area contributed by atoms with E-state index in [1.54, 1.807) is 18.2 Å². The lowest BCUT2D eigenvalue weighted by molar-refractivity contribution is -0.124. The number of nitrogens with zero attached hydrogens (tertiary/aromatic N) is 1. The minimum atomic E-state index is -0.900. The van der Waals surface area contributed by atoms with Crippen LogP contribution in [0.5, 0.6) is 0 Å². The van der Waals surface area contributed by atoms with E-state index in [4.69, 9.17) is 23.2 Å². The van der Waals surface area contributed by atoms with E-state index in [1.807, 2.05) is 6.92 Å². The van der Waals surface area contributed by atoms with Gasteiger partial charge in [-0.3, -0.25) is 14.4 Å². The lowest BCUT2D eigenvalue weighted by Gasteiger charge is -2.16. The average molecular weight is 353 g/mol. The van der Waals surface area contributed by atoms with Gasteiger partial charge in [-0.25, -0.2) is 4.90 Å². The summed E-state index contributed by atoms with van der Waals surface area (Å²) in [6, 6.07) is 3.55. The number of nitrogens with one attached hydrogen (secondary N) is 1. The molecule has 7 heteroatoms. The van der Waals surface area contributed by atoms with Crippen LogP contribution in [-0.4, -0.2) is 23.8 Å². The Bertz CT molecular complexity index is 693. The standard InChI is InChI=1S/C16H14Cl2N2O3/c1-2-3-4-5-14(21)19-13-9-15(22)20(16(13)23)12-7-10(17)6-11(18)8-12/h2-8,13H,9H2,1H3,(H,19,21)/b3-2+,5-4+. The van der Waals surface area contributed by atoms with Crippen LogP contribution < -0.4 is 10.2 Å². The number of carbonyl (C=O) groups excluding carboxylic acids is 3. The van der Waals surface area contributed by atoms with Gasteiger partial charge in [0.15, 0.2) is 0 Å². The van der Waals surface area contributed by atoms with Gasteiger partial charge in [0.25, 0.3) is 5.91 Å². The van der Waals surface area contributed by atoms with E-state index in [1.165, 1.54) is 24.3 Å². The number of amides is 3. The molecule has 1 aromatic carbocycles. The van der Waals surface area contributed by atoms with Crippen LogP contribution in [0.25, 0.3) is 0 Å². The van der Waals surface area contributed by atoms with Gasteiger partial charge in [-0.15, -0.1) is 0 Å². The Morgan fingerprint density at radius 2 is 1.87 bits per heavy atom. The number of hydrogen-bond donors (Lipinski definition) is 1. The van der Waals surface area contributed by atoms with Gasteiger partial charge in [0, 0.05) is 16.1 Å². The number of halogens is 2. The minimum absolute atomic E-state index is 0.105. The largest absolute Gasteiger partial charge is 0.340 e. The third-order valence-corrected chi connectivity index (χ3v) is 3.56. The van der Waals surface area contributed by atoms with E-state index < -0.39 is 23.8 Å². The Balaban J connectivity index is 2.15. The first kappa shape index (κ1) is 17.2. The van der Waals surface area contributed by atoms with Crippen molar-refractivity contribution >= 4 is 46.6 Å². The zero-order valence-corrected chi connectivity index (χ0v) is 13.8. The van der Waals surface area contributed by atoms with E-state index >= 15 is 0 Å². The number of imide groups is 1. The third-order valence-electron chi connectivity index (χ3n) is 3.12. The minimum Gasteiger partial charge on any atom is -0.340 e. The molecular weight excluding hydrogens is 339 g/mol. The summed E-state index contributed by atoms with van der Waals surface area (Å²) < 4.78 is 0. The van der Waals surface area contributed by atoms with Crippen molar-refractivity contribution in [2.75, 3.05) is 4.90 Å². The molecule has 120 valence electrons. The molecule has 0 spiro atoms. The van der Waals surface area contributed by atoms with Crippen molar-refractivity contribution in [3.63, 3.8) is 0 Å². The van der Waals surface area contributed by atoms with Gasteiger partial charge in [-0.2, -0.15) is 0 Å². The highest BCUT2D eigenvalue weighted by Crippen LogP contribution is 2.29. The van der Waals surface area contributed by atoms with E-state index in [0.717, 1.165) is 4.90 Å². The second-order valence-corrected chi connectivity index (χ2v) is 5.72. The Hall–Kier alpha value is -2.11. The maximum atomic E-state index is 12.4. The predicted molar refractivity (Wildman–Crippen MR) is 89.5 cm³/mol. The van der Waals surface area contributed by atoms with Gasteiger partial charge in [-0.1, -0.05) is 41.4 Å². The molecule has 0 saturated carbocycles. The molecule has 1 unspecified atom stereocenters. The lowest BCUT2D eigenvalue weighted by Crippen LogP contribution is -2.41. The SMILES string of the molecule is C/C=C/C=C/C(=O)NC1CC(=O)N(c2cc(Cl)cc(Cl)c2)C1=O. The Morgan fingerprint density at radius 3 is 2.48 bits per heavy atom. The molecule has 1 saturated heterocycles. The highest BCUT2D eigenvalue weighted by atomic mass is 35.5. The first-order valence-electron chi connectivity index (χ1n) is 6.85. The van der Waals surface area contributed by atoms with Crippen molar-refractivity contribution in [3.8, 4) is 0 Å². The fourth-order valence-electron chi connectivity index (χ4n) is 2.16. The molecule has 1 atom stereocenters. The van der Waals surface area contributed by atoms with Crippen LogP contribution in [0.3, 0.4) is 0 Å². The van der Waals surface area contributed by atoms with Crippen LogP contribution in [0.1, 0.15) is 13.3 Å². The second-order valence-electron chi connectivity index (χ2n) is 4.85. The zero-order chi connectivity index (χ0) is 17.0. The highest BCUT2D eigenvalue weighted by Gasteiger charge is 2.40. The number of benzene rings is 1. The van der Waals surface area contributed by atoms with Gasteiger partial charge < -0.3 is 5.32 Å². The fourth-order valence-corrected chi connectivity index (χ4v) is 2.67. The maximum Gasteiger partial charge on any atom is 0.256 e. The summed E-state index contributed by atoms with van der Waals surface area (Å²) in [6.07, 6.45) is 6.17. The summed E-state index contributed by atoms with van der Waals surface area (Å²) in [5.74, 6) is -1.38.